The molecular formula is C9H7ClN2O3S. The van der Waals surface area contributed by atoms with Crippen LogP contribution in [0, 0.1) is 0 Å². The van der Waals surface area contributed by atoms with Crippen LogP contribution in [-0.4, -0.2) is 18.6 Å². The van der Waals surface area contributed by atoms with Gasteiger partial charge in [-0.3, -0.25) is 0 Å². The quantitative estimate of drug-likeness (QED) is 0.785. The summed E-state index contributed by atoms with van der Waals surface area (Å²) in [6.07, 6.45) is 0. The first-order valence-electron chi connectivity index (χ1n) is 4.35. The molecule has 0 aliphatic rings. The maximum absolute atomic E-state index is 10.8. The summed E-state index contributed by atoms with van der Waals surface area (Å²) in [5, 5.41) is 3.66. The summed E-state index contributed by atoms with van der Waals surface area (Å²) in [6.45, 7) is 0. The molecule has 84 valence electrons. The molecule has 7 heteroatoms. The van der Waals surface area contributed by atoms with Crippen molar-refractivity contribution < 1.29 is 12.9 Å². The van der Waals surface area contributed by atoms with Gasteiger partial charge in [-0.25, -0.2) is 8.42 Å². The van der Waals surface area contributed by atoms with E-state index < -0.39 is 14.8 Å². The molecule has 0 amide bonds. The van der Waals surface area contributed by atoms with E-state index in [9.17, 15) is 8.42 Å². The minimum absolute atomic E-state index is 0.0196. The maximum atomic E-state index is 10.8. The van der Waals surface area contributed by atoms with Gasteiger partial charge in [-0.2, -0.15) is 4.98 Å². The zero-order valence-corrected chi connectivity index (χ0v) is 9.57. The van der Waals surface area contributed by atoms with E-state index in [0.717, 1.165) is 5.56 Å². The Labute approximate surface area is 96.5 Å². The van der Waals surface area contributed by atoms with Crippen molar-refractivity contribution in [3.05, 3.63) is 36.2 Å². The molecule has 0 aliphatic carbocycles. The number of benzene rings is 1. The molecule has 0 saturated heterocycles. The Kier molecular flexibility index (Phi) is 2.93. The molecule has 0 radical (unpaired) electrons. The Morgan fingerprint density at radius 1 is 1.25 bits per heavy atom. The number of rotatable bonds is 3. The third-order valence-electron chi connectivity index (χ3n) is 1.80. The van der Waals surface area contributed by atoms with E-state index in [1.165, 1.54) is 0 Å². The van der Waals surface area contributed by atoms with E-state index in [0.29, 0.717) is 5.82 Å². The van der Waals surface area contributed by atoms with Crippen LogP contribution in [0.25, 0.3) is 11.4 Å². The third-order valence-corrected chi connectivity index (χ3v) is 2.72. The molecule has 1 aromatic heterocycles. The average Bonchev–Trinajstić information content (AvgIpc) is 2.65. The molecule has 2 aromatic rings. The lowest BCUT2D eigenvalue weighted by atomic mass is 10.2. The SMILES string of the molecule is O=S(=O)(Cl)Cc1nc(-c2ccccc2)no1. The summed E-state index contributed by atoms with van der Waals surface area (Å²) < 4.78 is 26.3. The van der Waals surface area contributed by atoms with Crippen LogP contribution in [0.5, 0.6) is 0 Å². The van der Waals surface area contributed by atoms with Crippen LogP contribution in [0.1, 0.15) is 5.89 Å². The second kappa shape index (κ2) is 4.23. The van der Waals surface area contributed by atoms with Gasteiger partial charge in [0.05, 0.1) is 0 Å². The van der Waals surface area contributed by atoms with Gasteiger partial charge in [-0.15, -0.1) is 0 Å². The Balaban J connectivity index is 2.27. The first-order chi connectivity index (χ1) is 7.54. The smallest absolute Gasteiger partial charge is 0.243 e. The van der Waals surface area contributed by atoms with E-state index in [2.05, 4.69) is 10.1 Å². The maximum Gasteiger partial charge on any atom is 0.243 e. The van der Waals surface area contributed by atoms with Crippen molar-refractivity contribution in [3.8, 4) is 11.4 Å². The molecule has 0 spiro atoms. The molecule has 1 aromatic carbocycles. The van der Waals surface area contributed by atoms with Gasteiger partial charge in [0.1, 0.15) is 5.75 Å². The molecule has 0 aliphatic heterocycles. The van der Waals surface area contributed by atoms with Crippen molar-refractivity contribution in [2.24, 2.45) is 0 Å². The molecule has 1 heterocycles. The molecule has 0 bridgehead atoms. The Morgan fingerprint density at radius 2 is 1.94 bits per heavy atom. The summed E-state index contributed by atoms with van der Waals surface area (Å²) >= 11 is 0. The lowest BCUT2D eigenvalue weighted by Gasteiger charge is -1.90. The second-order valence-corrected chi connectivity index (χ2v) is 5.84. The van der Waals surface area contributed by atoms with E-state index >= 15 is 0 Å². The van der Waals surface area contributed by atoms with E-state index in [-0.39, 0.29) is 5.89 Å². The van der Waals surface area contributed by atoms with E-state index in [1.807, 2.05) is 18.2 Å². The fourth-order valence-electron chi connectivity index (χ4n) is 1.17. The molecule has 5 nitrogen and oxygen atoms in total. The average molecular weight is 259 g/mol. The van der Waals surface area contributed by atoms with Crippen molar-refractivity contribution in [1.82, 2.24) is 10.1 Å². The monoisotopic (exact) mass is 258 g/mol. The van der Waals surface area contributed by atoms with Crippen LogP contribution in [0.3, 0.4) is 0 Å². The van der Waals surface area contributed by atoms with E-state index in [4.69, 9.17) is 15.2 Å². The number of aromatic nitrogens is 2. The van der Waals surface area contributed by atoms with Gasteiger partial charge in [-0.1, -0.05) is 35.5 Å². The topological polar surface area (TPSA) is 73.1 Å². The highest BCUT2D eigenvalue weighted by atomic mass is 35.7. The van der Waals surface area contributed by atoms with Crippen molar-refractivity contribution in [1.29, 1.82) is 0 Å². The van der Waals surface area contributed by atoms with Crippen LogP contribution in [0.15, 0.2) is 34.9 Å². The first kappa shape index (κ1) is 11.1. The standard InChI is InChI=1S/C9H7ClN2O3S/c10-16(13,14)6-8-11-9(12-15-8)7-4-2-1-3-5-7/h1-5H,6H2. The molecule has 16 heavy (non-hydrogen) atoms. The molecule has 0 N–H and O–H groups in total. The summed E-state index contributed by atoms with van der Waals surface area (Å²) in [4.78, 5) is 3.92. The lowest BCUT2D eigenvalue weighted by molar-refractivity contribution is 0.390. The van der Waals surface area contributed by atoms with Gasteiger partial charge < -0.3 is 4.52 Å². The second-order valence-electron chi connectivity index (χ2n) is 3.06. The molecule has 0 unspecified atom stereocenters. The molecule has 2 rings (SSSR count). The Morgan fingerprint density at radius 3 is 2.56 bits per heavy atom. The molecule has 0 fully saturated rings. The van der Waals surface area contributed by atoms with Gasteiger partial charge in [0.25, 0.3) is 0 Å². The summed E-state index contributed by atoms with van der Waals surface area (Å²) in [5.74, 6) is -0.140. The lowest BCUT2D eigenvalue weighted by Crippen LogP contribution is -1.94. The first-order valence-corrected chi connectivity index (χ1v) is 6.83. The fourth-order valence-corrected chi connectivity index (χ4v) is 1.86. The summed E-state index contributed by atoms with van der Waals surface area (Å²) in [7, 11) is 1.40. The van der Waals surface area contributed by atoms with E-state index in [1.54, 1.807) is 12.1 Å². The predicted molar refractivity (Wildman–Crippen MR) is 58.2 cm³/mol. The normalized spacial score (nSPS) is 11.6. The Bertz CT molecular complexity index is 580. The zero-order chi connectivity index (χ0) is 11.6. The van der Waals surface area contributed by atoms with Gasteiger partial charge >= 0.3 is 0 Å². The fraction of sp³-hybridized carbons (Fsp3) is 0.111. The van der Waals surface area contributed by atoms with Crippen molar-refractivity contribution in [3.63, 3.8) is 0 Å². The third kappa shape index (κ3) is 2.80. The molecule has 0 saturated carbocycles. The minimum atomic E-state index is -3.67. The highest BCUT2D eigenvalue weighted by Gasteiger charge is 2.14. The van der Waals surface area contributed by atoms with Crippen LogP contribution < -0.4 is 0 Å². The van der Waals surface area contributed by atoms with Crippen molar-refractivity contribution in [2.45, 2.75) is 5.75 Å². The molecule has 0 atom stereocenters. The highest BCUT2D eigenvalue weighted by Crippen LogP contribution is 2.16. The highest BCUT2D eigenvalue weighted by molar-refractivity contribution is 8.13. The van der Waals surface area contributed by atoms with Gasteiger partial charge in [0.2, 0.25) is 20.8 Å². The van der Waals surface area contributed by atoms with Crippen LogP contribution in [0.2, 0.25) is 0 Å². The Hall–Kier alpha value is -1.40. The van der Waals surface area contributed by atoms with Crippen LogP contribution in [0.4, 0.5) is 0 Å². The largest absolute Gasteiger partial charge is 0.338 e. The number of halogens is 1. The van der Waals surface area contributed by atoms with Gasteiger partial charge in [0.15, 0.2) is 0 Å². The van der Waals surface area contributed by atoms with Gasteiger partial charge in [0, 0.05) is 16.2 Å². The van der Waals surface area contributed by atoms with Gasteiger partial charge in [-0.05, 0) is 0 Å². The summed E-state index contributed by atoms with van der Waals surface area (Å²) in [5.41, 5.74) is 0.754. The summed E-state index contributed by atoms with van der Waals surface area (Å²) in [6, 6.07) is 9.09. The van der Waals surface area contributed by atoms with Crippen LogP contribution in [-0.2, 0) is 14.8 Å². The van der Waals surface area contributed by atoms with Crippen molar-refractivity contribution in [2.75, 3.05) is 0 Å². The number of hydrogen-bond donors (Lipinski definition) is 0. The number of nitrogens with zero attached hydrogens (tertiary/aromatic N) is 2. The predicted octanol–water partition coefficient (Wildman–Crippen LogP) is 1.81. The number of hydrogen-bond acceptors (Lipinski definition) is 5. The molecular weight excluding hydrogens is 252 g/mol. The minimum Gasteiger partial charge on any atom is -0.338 e. The zero-order valence-electron chi connectivity index (χ0n) is 8.00. The van der Waals surface area contributed by atoms with Crippen molar-refractivity contribution >= 4 is 19.7 Å². The van der Waals surface area contributed by atoms with Crippen LogP contribution >= 0.6 is 10.7 Å².